The van der Waals surface area contributed by atoms with Gasteiger partial charge in [-0.15, -0.1) is 0 Å². The molecule has 0 saturated heterocycles. The minimum atomic E-state index is 0.0885. The van der Waals surface area contributed by atoms with E-state index in [0.29, 0.717) is 0 Å². The maximum Gasteiger partial charge on any atom is 0.0705 e. The Hall–Kier alpha value is -2.33. The molecule has 106 valence electrons. The third-order valence-electron chi connectivity index (χ3n) is 3.70. The average Bonchev–Trinajstić information content (AvgIpc) is 2.51. The topological polar surface area (TPSA) is 50.7 Å². The van der Waals surface area contributed by atoms with E-state index >= 15 is 0 Å². The second-order valence-electron chi connectivity index (χ2n) is 5.20. The van der Waals surface area contributed by atoms with Crippen molar-refractivity contribution in [2.75, 3.05) is 7.05 Å². The number of hydrogen-bond acceptors (Lipinski definition) is 4. The van der Waals surface area contributed by atoms with E-state index < -0.39 is 0 Å². The Morgan fingerprint density at radius 3 is 2.71 bits per heavy atom. The van der Waals surface area contributed by atoms with Gasteiger partial charge in [-0.2, -0.15) is 10.2 Å². The molecule has 21 heavy (non-hydrogen) atoms. The van der Waals surface area contributed by atoms with Crippen LogP contribution < -0.4 is 5.32 Å². The maximum absolute atomic E-state index is 4.44. The molecule has 0 bridgehead atoms. The lowest BCUT2D eigenvalue weighted by atomic mass is 9.96. The van der Waals surface area contributed by atoms with Gasteiger partial charge in [-0.3, -0.25) is 4.98 Å². The molecule has 0 aliphatic rings. The normalized spacial score (nSPS) is 12.5. The molecular formula is C17H18N4. The zero-order valence-corrected chi connectivity index (χ0v) is 12.5. The van der Waals surface area contributed by atoms with Crippen LogP contribution in [0.15, 0.2) is 42.6 Å². The van der Waals surface area contributed by atoms with Crippen LogP contribution in [0.25, 0.3) is 10.9 Å². The van der Waals surface area contributed by atoms with Crippen molar-refractivity contribution in [1.29, 1.82) is 0 Å². The van der Waals surface area contributed by atoms with Crippen LogP contribution in [0.3, 0.4) is 0 Å². The molecule has 3 rings (SSSR count). The molecule has 0 fully saturated rings. The van der Waals surface area contributed by atoms with E-state index in [1.165, 1.54) is 5.56 Å². The number of nitrogens with one attached hydrogen (secondary N) is 1. The monoisotopic (exact) mass is 278 g/mol. The summed E-state index contributed by atoms with van der Waals surface area (Å²) in [5.41, 5.74) is 5.21. The van der Waals surface area contributed by atoms with Crippen LogP contribution in [-0.4, -0.2) is 22.2 Å². The number of aryl methyl sites for hydroxylation is 2. The molecule has 1 aromatic carbocycles. The molecule has 4 nitrogen and oxygen atoms in total. The molecule has 0 radical (unpaired) electrons. The number of aromatic nitrogens is 3. The first kappa shape index (κ1) is 13.6. The average molecular weight is 278 g/mol. The molecule has 4 heteroatoms. The van der Waals surface area contributed by atoms with E-state index in [4.69, 9.17) is 0 Å². The van der Waals surface area contributed by atoms with Crippen LogP contribution in [0.4, 0.5) is 0 Å². The van der Waals surface area contributed by atoms with Gasteiger partial charge in [0.25, 0.3) is 0 Å². The smallest absolute Gasteiger partial charge is 0.0705 e. The lowest BCUT2D eigenvalue weighted by Gasteiger charge is -2.19. The molecule has 1 atom stereocenters. The van der Waals surface area contributed by atoms with Gasteiger partial charge in [-0.05, 0) is 50.2 Å². The maximum atomic E-state index is 4.44. The molecule has 3 aromatic rings. The highest BCUT2D eigenvalue weighted by molar-refractivity contribution is 5.79. The predicted molar refractivity (Wildman–Crippen MR) is 84.2 cm³/mol. The predicted octanol–water partition coefficient (Wildman–Crippen LogP) is 2.95. The summed E-state index contributed by atoms with van der Waals surface area (Å²) in [6.45, 7) is 3.95. The quantitative estimate of drug-likeness (QED) is 0.800. The van der Waals surface area contributed by atoms with Crippen molar-refractivity contribution >= 4 is 10.9 Å². The van der Waals surface area contributed by atoms with Crippen LogP contribution >= 0.6 is 0 Å². The number of nitrogens with zero attached hydrogens (tertiary/aromatic N) is 3. The first-order valence-electron chi connectivity index (χ1n) is 7.02. The van der Waals surface area contributed by atoms with Crippen LogP contribution in [0.2, 0.25) is 0 Å². The van der Waals surface area contributed by atoms with Gasteiger partial charge >= 0.3 is 0 Å². The number of hydrogen-bond donors (Lipinski definition) is 1. The molecule has 2 heterocycles. The lowest BCUT2D eigenvalue weighted by Crippen LogP contribution is -2.19. The van der Waals surface area contributed by atoms with E-state index in [-0.39, 0.29) is 6.04 Å². The Kier molecular flexibility index (Phi) is 3.62. The molecule has 0 amide bonds. The molecule has 1 unspecified atom stereocenters. The standard InChI is InChI=1S/C17H18N4/c1-11-9-15(12(2)21-20-11)17(18-3)14-7-6-13-5-4-8-19-16(13)10-14/h4-10,17-18H,1-3H3. The highest BCUT2D eigenvalue weighted by Crippen LogP contribution is 2.26. The second kappa shape index (κ2) is 5.58. The summed E-state index contributed by atoms with van der Waals surface area (Å²) in [4.78, 5) is 4.44. The minimum Gasteiger partial charge on any atom is -0.309 e. The van der Waals surface area contributed by atoms with Crippen LogP contribution in [0.1, 0.15) is 28.6 Å². The fraction of sp³-hybridized carbons (Fsp3) is 0.235. The summed E-state index contributed by atoms with van der Waals surface area (Å²) in [6.07, 6.45) is 1.82. The summed E-state index contributed by atoms with van der Waals surface area (Å²) in [5.74, 6) is 0. The van der Waals surface area contributed by atoms with Gasteiger partial charge in [-0.1, -0.05) is 18.2 Å². The Morgan fingerprint density at radius 1 is 1.05 bits per heavy atom. The van der Waals surface area contributed by atoms with Crippen molar-refractivity contribution in [3.63, 3.8) is 0 Å². The summed E-state index contributed by atoms with van der Waals surface area (Å²) >= 11 is 0. The van der Waals surface area contributed by atoms with Gasteiger partial charge < -0.3 is 5.32 Å². The van der Waals surface area contributed by atoms with Crippen molar-refractivity contribution in [3.05, 3.63) is 65.1 Å². The second-order valence-corrected chi connectivity index (χ2v) is 5.20. The van der Waals surface area contributed by atoms with Crippen molar-refractivity contribution in [3.8, 4) is 0 Å². The fourth-order valence-corrected chi connectivity index (χ4v) is 2.63. The van der Waals surface area contributed by atoms with E-state index in [2.05, 4.69) is 50.8 Å². The summed E-state index contributed by atoms with van der Waals surface area (Å²) < 4.78 is 0. The van der Waals surface area contributed by atoms with E-state index in [1.807, 2.05) is 33.2 Å². The first-order chi connectivity index (χ1) is 10.2. The lowest BCUT2D eigenvalue weighted by molar-refractivity contribution is 0.676. The zero-order valence-electron chi connectivity index (χ0n) is 12.5. The number of fused-ring (bicyclic) bond motifs is 1. The van der Waals surface area contributed by atoms with Crippen LogP contribution in [-0.2, 0) is 0 Å². The van der Waals surface area contributed by atoms with Gasteiger partial charge in [0, 0.05) is 11.6 Å². The van der Waals surface area contributed by atoms with Crippen molar-refractivity contribution in [2.45, 2.75) is 19.9 Å². The Morgan fingerprint density at radius 2 is 1.90 bits per heavy atom. The largest absolute Gasteiger partial charge is 0.309 e. The minimum absolute atomic E-state index is 0.0885. The first-order valence-corrected chi connectivity index (χ1v) is 7.02. The molecule has 0 aliphatic heterocycles. The highest BCUT2D eigenvalue weighted by Gasteiger charge is 2.16. The molecule has 2 aromatic heterocycles. The summed E-state index contributed by atoms with van der Waals surface area (Å²) in [7, 11) is 1.96. The van der Waals surface area contributed by atoms with Gasteiger partial charge in [0.15, 0.2) is 0 Å². The third-order valence-corrected chi connectivity index (χ3v) is 3.70. The SMILES string of the molecule is CNC(c1ccc2cccnc2c1)c1cc(C)nnc1C. The molecular weight excluding hydrogens is 260 g/mol. The summed E-state index contributed by atoms with van der Waals surface area (Å²) in [6, 6.07) is 12.6. The molecule has 0 saturated carbocycles. The Balaban J connectivity index is 2.11. The third kappa shape index (κ3) is 2.62. The van der Waals surface area contributed by atoms with Crippen LogP contribution in [0.5, 0.6) is 0 Å². The van der Waals surface area contributed by atoms with Gasteiger partial charge in [0.1, 0.15) is 0 Å². The number of benzene rings is 1. The fourth-order valence-electron chi connectivity index (χ4n) is 2.63. The van der Waals surface area contributed by atoms with Gasteiger partial charge in [-0.25, -0.2) is 0 Å². The highest BCUT2D eigenvalue weighted by atomic mass is 15.1. The van der Waals surface area contributed by atoms with Crippen molar-refractivity contribution < 1.29 is 0 Å². The molecule has 0 spiro atoms. The zero-order chi connectivity index (χ0) is 14.8. The number of rotatable bonds is 3. The van der Waals surface area contributed by atoms with Crippen molar-refractivity contribution in [2.24, 2.45) is 0 Å². The number of pyridine rings is 1. The Bertz CT molecular complexity index is 783. The van der Waals surface area contributed by atoms with Crippen LogP contribution in [0, 0.1) is 13.8 Å². The van der Waals surface area contributed by atoms with E-state index in [9.17, 15) is 0 Å². The molecule has 0 aliphatic carbocycles. The molecule has 1 N–H and O–H groups in total. The van der Waals surface area contributed by atoms with Crippen molar-refractivity contribution in [1.82, 2.24) is 20.5 Å². The van der Waals surface area contributed by atoms with E-state index in [0.717, 1.165) is 27.9 Å². The van der Waals surface area contributed by atoms with E-state index in [1.54, 1.807) is 0 Å². The Labute approximate surface area is 124 Å². The van der Waals surface area contributed by atoms with Gasteiger partial charge in [0.05, 0.1) is 22.9 Å². The summed E-state index contributed by atoms with van der Waals surface area (Å²) in [5, 5.41) is 12.9. The van der Waals surface area contributed by atoms with Gasteiger partial charge in [0.2, 0.25) is 0 Å².